The highest BCUT2D eigenvalue weighted by molar-refractivity contribution is 5.95. The Hall–Kier alpha value is -3.17. The van der Waals surface area contributed by atoms with Crippen molar-refractivity contribution in [3.63, 3.8) is 0 Å². The summed E-state index contributed by atoms with van der Waals surface area (Å²) in [4.78, 5) is 42.3. The number of likely N-dealkylation sites (tertiary alicyclic amines) is 1. The third-order valence-corrected chi connectivity index (χ3v) is 8.05. The third kappa shape index (κ3) is 5.54. The number of benzene rings is 1. The minimum absolute atomic E-state index is 0.00491. The monoisotopic (exact) mass is 559 g/mol. The first-order valence-electron chi connectivity index (χ1n) is 14.5. The molecule has 0 spiro atoms. The lowest BCUT2D eigenvalue weighted by atomic mass is 9.92. The van der Waals surface area contributed by atoms with Crippen LogP contribution in [0, 0.1) is 17.6 Å². The maximum Gasteiger partial charge on any atom is 0.410 e. The van der Waals surface area contributed by atoms with Gasteiger partial charge in [0.15, 0.2) is 5.82 Å². The van der Waals surface area contributed by atoms with Gasteiger partial charge in [-0.3, -0.25) is 4.79 Å². The molecule has 0 N–H and O–H groups in total. The van der Waals surface area contributed by atoms with Gasteiger partial charge in [-0.05, 0) is 64.9 Å². The van der Waals surface area contributed by atoms with Gasteiger partial charge in [0.2, 0.25) is 5.43 Å². The number of piperidine rings is 1. The topological polar surface area (TPSA) is 81.1 Å². The Kier molecular flexibility index (Phi) is 7.81. The van der Waals surface area contributed by atoms with Crippen LogP contribution in [0.1, 0.15) is 89.0 Å². The van der Waals surface area contributed by atoms with Crippen molar-refractivity contribution in [1.29, 1.82) is 0 Å². The van der Waals surface area contributed by atoms with E-state index in [1.165, 1.54) is 6.20 Å². The Balaban J connectivity index is 1.49. The number of aromatic nitrogens is 1. The van der Waals surface area contributed by atoms with Gasteiger partial charge in [-0.25, -0.2) is 18.4 Å². The van der Waals surface area contributed by atoms with E-state index in [0.717, 1.165) is 44.6 Å². The van der Waals surface area contributed by atoms with Crippen molar-refractivity contribution in [3.8, 4) is 0 Å². The van der Waals surface area contributed by atoms with Crippen molar-refractivity contribution in [1.82, 2.24) is 9.47 Å². The highest BCUT2D eigenvalue weighted by Gasteiger charge is 2.44. The largest absolute Gasteiger partial charge is 0.462 e. The number of carbonyl (C=O) groups excluding carboxylic acids is 2. The van der Waals surface area contributed by atoms with E-state index < -0.39 is 34.7 Å². The molecule has 5 rings (SSSR count). The minimum atomic E-state index is -0.861. The molecule has 218 valence electrons. The molecule has 1 aromatic heterocycles. The molecule has 2 saturated heterocycles. The van der Waals surface area contributed by atoms with Crippen molar-refractivity contribution in [2.45, 2.75) is 90.3 Å². The highest BCUT2D eigenvalue weighted by atomic mass is 19.1. The Labute approximate surface area is 233 Å². The number of rotatable bonds is 7. The number of fused-ring (bicyclic) bond motifs is 2. The number of nitrogens with zero attached hydrogens (tertiary/aromatic N) is 3. The molecule has 2 unspecified atom stereocenters. The maximum atomic E-state index is 16.3. The van der Waals surface area contributed by atoms with Crippen LogP contribution in [-0.4, -0.2) is 59.4 Å². The number of pyridine rings is 1. The predicted molar refractivity (Wildman–Crippen MR) is 148 cm³/mol. The number of anilines is 1. The number of esters is 1. The highest BCUT2D eigenvalue weighted by Crippen LogP contribution is 2.41. The van der Waals surface area contributed by atoms with Gasteiger partial charge in [-0.15, -0.1) is 0 Å². The van der Waals surface area contributed by atoms with Crippen LogP contribution >= 0.6 is 0 Å². The standard InChI is InChI=1S/C30H39F2N3O5/c1-5-6-7-13-39-28(37)21-16-35(19-10-11-19)25-20(27(21)36)14-22(31)26(24(25)32)33-15-18-9-8-12-34(23(18)17-33)29(38)40-30(2,3)4/h14,16,18-19,23H,5-13,15,17H2,1-4H3. The van der Waals surface area contributed by atoms with Crippen molar-refractivity contribution in [2.24, 2.45) is 5.92 Å². The van der Waals surface area contributed by atoms with Crippen molar-refractivity contribution < 1.29 is 27.8 Å². The number of hydrogen-bond donors (Lipinski definition) is 0. The summed E-state index contributed by atoms with van der Waals surface area (Å²) < 4.78 is 44.5. The summed E-state index contributed by atoms with van der Waals surface area (Å²) in [5.74, 6) is -2.40. The minimum Gasteiger partial charge on any atom is -0.462 e. The van der Waals surface area contributed by atoms with E-state index in [1.54, 1.807) is 14.4 Å². The zero-order valence-corrected chi connectivity index (χ0v) is 23.8. The molecule has 2 atom stereocenters. The first-order chi connectivity index (χ1) is 19.0. The fourth-order valence-electron chi connectivity index (χ4n) is 6.01. The predicted octanol–water partition coefficient (Wildman–Crippen LogP) is 5.80. The second kappa shape index (κ2) is 11.0. The zero-order chi connectivity index (χ0) is 28.8. The van der Waals surface area contributed by atoms with Gasteiger partial charge in [0.05, 0.1) is 23.6 Å². The summed E-state index contributed by atoms with van der Waals surface area (Å²) in [5.41, 5.74) is -1.78. The molecule has 40 heavy (non-hydrogen) atoms. The van der Waals surface area contributed by atoms with E-state index in [1.807, 2.05) is 27.7 Å². The Bertz CT molecular complexity index is 1360. The maximum absolute atomic E-state index is 16.3. The summed E-state index contributed by atoms with van der Waals surface area (Å²) >= 11 is 0. The van der Waals surface area contributed by atoms with Gasteiger partial charge in [0.1, 0.15) is 22.7 Å². The Morgan fingerprint density at radius 2 is 1.85 bits per heavy atom. The van der Waals surface area contributed by atoms with Crippen molar-refractivity contribution in [3.05, 3.63) is 39.7 Å². The lowest BCUT2D eigenvalue weighted by Gasteiger charge is -2.37. The Morgan fingerprint density at radius 3 is 2.52 bits per heavy atom. The number of unbranched alkanes of at least 4 members (excludes halogenated alkanes) is 2. The van der Waals surface area contributed by atoms with Gasteiger partial charge in [0.25, 0.3) is 0 Å². The molecule has 1 aliphatic carbocycles. The SMILES string of the molecule is CCCCCOC(=O)c1cn(C2CC2)c2c(F)c(N3CC4CCCN(C(=O)OC(C)(C)C)C4C3)c(F)cc2c1=O. The van der Waals surface area contributed by atoms with Crippen LogP contribution in [0.3, 0.4) is 0 Å². The quantitative estimate of drug-likeness (QED) is 0.315. The number of ether oxygens (including phenoxy) is 2. The smallest absolute Gasteiger partial charge is 0.410 e. The number of amides is 1. The molecule has 0 radical (unpaired) electrons. The average molecular weight is 560 g/mol. The second-order valence-electron chi connectivity index (χ2n) is 12.3. The van der Waals surface area contributed by atoms with Gasteiger partial charge < -0.3 is 23.8 Å². The molecule has 3 heterocycles. The number of hydrogen-bond acceptors (Lipinski definition) is 6. The van der Waals surface area contributed by atoms with E-state index in [9.17, 15) is 14.4 Å². The molecule has 3 aliphatic rings. The fraction of sp³-hybridized carbons (Fsp3) is 0.633. The van der Waals surface area contributed by atoms with Crippen LogP contribution in [0.25, 0.3) is 10.9 Å². The number of halogens is 2. The van der Waals surface area contributed by atoms with Crippen LogP contribution in [0.4, 0.5) is 19.3 Å². The lowest BCUT2D eigenvalue weighted by molar-refractivity contribution is 0.00667. The van der Waals surface area contributed by atoms with E-state index in [0.29, 0.717) is 19.5 Å². The van der Waals surface area contributed by atoms with Crippen LogP contribution < -0.4 is 10.3 Å². The molecule has 1 amide bonds. The fourth-order valence-corrected chi connectivity index (χ4v) is 6.01. The summed E-state index contributed by atoms with van der Waals surface area (Å²) in [5, 5.41) is -0.166. The summed E-state index contributed by atoms with van der Waals surface area (Å²) in [6.07, 6.45) is 6.67. The van der Waals surface area contributed by atoms with Crippen LogP contribution in [0.15, 0.2) is 17.1 Å². The first kappa shape index (κ1) is 28.4. The van der Waals surface area contributed by atoms with E-state index in [4.69, 9.17) is 9.47 Å². The normalized spacial score (nSPS) is 21.1. The zero-order valence-electron chi connectivity index (χ0n) is 23.8. The molecule has 1 aromatic carbocycles. The van der Waals surface area contributed by atoms with Crippen LogP contribution in [-0.2, 0) is 9.47 Å². The molecule has 8 nitrogen and oxygen atoms in total. The molecular formula is C30H39F2N3O5. The summed E-state index contributed by atoms with van der Waals surface area (Å²) in [6, 6.07) is 0.746. The van der Waals surface area contributed by atoms with Crippen LogP contribution in [0.5, 0.6) is 0 Å². The molecule has 10 heteroatoms. The van der Waals surface area contributed by atoms with Gasteiger partial charge >= 0.3 is 12.1 Å². The molecule has 2 aliphatic heterocycles. The van der Waals surface area contributed by atoms with E-state index in [-0.39, 0.29) is 53.3 Å². The number of carbonyl (C=O) groups is 2. The van der Waals surface area contributed by atoms with Crippen molar-refractivity contribution >= 4 is 28.7 Å². The second-order valence-corrected chi connectivity index (χ2v) is 12.3. The molecular weight excluding hydrogens is 520 g/mol. The van der Waals surface area contributed by atoms with Crippen LogP contribution in [0.2, 0.25) is 0 Å². The molecule has 2 aromatic rings. The summed E-state index contributed by atoms with van der Waals surface area (Å²) in [6.45, 7) is 8.83. The molecule has 0 bridgehead atoms. The van der Waals surface area contributed by atoms with Gasteiger partial charge in [-0.2, -0.15) is 0 Å². The molecule has 1 saturated carbocycles. The summed E-state index contributed by atoms with van der Waals surface area (Å²) in [7, 11) is 0. The van der Waals surface area contributed by atoms with Gasteiger partial charge in [-0.1, -0.05) is 19.8 Å². The van der Waals surface area contributed by atoms with E-state index >= 15 is 8.78 Å². The first-order valence-corrected chi connectivity index (χ1v) is 14.5. The van der Waals surface area contributed by atoms with Crippen molar-refractivity contribution in [2.75, 3.05) is 31.1 Å². The average Bonchev–Trinajstić information content (AvgIpc) is 3.64. The van der Waals surface area contributed by atoms with Gasteiger partial charge in [0, 0.05) is 31.9 Å². The molecule has 3 fully saturated rings. The lowest BCUT2D eigenvalue weighted by Crippen LogP contribution is -2.50. The Morgan fingerprint density at radius 1 is 1.10 bits per heavy atom. The van der Waals surface area contributed by atoms with E-state index in [2.05, 4.69) is 0 Å². The third-order valence-electron chi connectivity index (χ3n) is 8.05.